The summed E-state index contributed by atoms with van der Waals surface area (Å²) in [4.78, 5) is 12.3. The van der Waals surface area contributed by atoms with Crippen LogP contribution in [0.5, 0.6) is 11.5 Å². The molecule has 154 valence electrons. The predicted octanol–water partition coefficient (Wildman–Crippen LogP) is 3.55. The summed E-state index contributed by atoms with van der Waals surface area (Å²) in [7, 11) is 0. The van der Waals surface area contributed by atoms with Crippen molar-refractivity contribution in [3.05, 3.63) is 41.2 Å². The predicted molar refractivity (Wildman–Crippen MR) is 110 cm³/mol. The first-order valence-corrected chi connectivity index (χ1v) is 10.8. The molecule has 2 fully saturated rings. The van der Waals surface area contributed by atoms with E-state index in [9.17, 15) is 4.79 Å². The lowest BCUT2D eigenvalue weighted by Crippen LogP contribution is -2.32. The van der Waals surface area contributed by atoms with Gasteiger partial charge in [0.05, 0.1) is 12.2 Å². The maximum absolute atomic E-state index is 12.3. The molecular formula is C23H29N3O3. The van der Waals surface area contributed by atoms with Crippen LogP contribution in [0.4, 0.5) is 0 Å². The second kappa shape index (κ2) is 7.08. The van der Waals surface area contributed by atoms with Crippen molar-refractivity contribution in [3.63, 3.8) is 0 Å². The van der Waals surface area contributed by atoms with Gasteiger partial charge in [-0.3, -0.25) is 9.48 Å². The molecule has 0 unspecified atom stereocenters. The Balaban J connectivity index is 1.13. The molecule has 1 N–H and O–H groups in total. The molecular weight excluding hydrogens is 366 g/mol. The first-order chi connectivity index (χ1) is 14.0. The molecule has 0 bridgehead atoms. The number of hydrogen-bond acceptors (Lipinski definition) is 4. The second-order valence-corrected chi connectivity index (χ2v) is 9.19. The van der Waals surface area contributed by atoms with Crippen molar-refractivity contribution in [2.24, 2.45) is 0 Å². The van der Waals surface area contributed by atoms with Gasteiger partial charge in [-0.1, -0.05) is 12.1 Å². The summed E-state index contributed by atoms with van der Waals surface area (Å²) in [6.07, 6.45) is 5.90. The van der Waals surface area contributed by atoms with Crippen LogP contribution in [0.15, 0.2) is 24.3 Å². The van der Waals surface area contributed by atoms with Crippen molar-refractivity contribution in [2.75, 3.05) is 13.2 Å². The highest BCUT2D eigenvalue weighted by Gasteiger charge is 2.33. The van der Waals surface area contributed by atoms with Crippen LogP contribution in [-0.4, -0.2) is 34.4 Å². The molecule has 29 heavy (non-hydrogen) atoms. The average molecular weight is 396 g/mol. The number of para-hydroxylation sites is 1. The average Bonchev–Trinajstić information content (AvgIpc) is 3.60. The van der Waals surface area contributed by atoms with Gasteiger partial charge in [-0.05, 0) is 51.7 Å². The topological polar surface area (TPSA) is 65.4 Å². The third-order valence-electron chi connectivity index (χ3n) is 5.88. The van der Waals surface area contributed by atoms with Gasteiger partial charge in [0, 0.05) is 36.1 Å². The van der Waals surface area contributed by atoms with Crippen LogP contribution in [0.2, 0.25) is 0 Å². The van der Waals surface area contributed by atoms with Gasteiger partial charge < -0.3 is 14.8 Å². The van der Waals surface area contributed by atoms with Crippen molar-refractivity contribution >= 4 is 5.91 Å². The minimum absolute atomic E-state index is 0.0118. The summed E-state index contributed by atoms with van der Waals surface area (Å²) >= 11 is 0. The Morgan fingerprint density at radius 1 is 1.28 bits per heavy atom. The number of hydrogen-bond donors (Lipinski definition) is 1. The monoisotopic (exact) mass is 395 g/mol. The van der Waals surface area contributed by atoms with Gasteiger partial charge in [-0.2, -0.15) is 5.10 Å². The molecule has 0 spiro atoms. The number of carbonyl (C=O) groups excluding carboxylic acids is 1. The lowest BCUT2D eigenvalue weighted by atomic mass is 10.0. The van der Waals surface area contributed by atoms with Crippen LogP contribution in [0.25, 0.3) is 0 Å². The minimum atomic E-state index is -0.230. The fourth-order valence-electron chi connectivity index (χ4n) is 4.11. The molecule has 2 saturated carbocycles. The summed E-state index contributed by atoms with van der Waals surface area (Å²) < 4.78 is 13.9. The summed E-state index contributed by atoms with van der Waals surface area (Å²) in [5.74, 6) is 2.61. The van der Waals surface area contributed by atoms with Crippen molar-refractivity contribution in [3.8, 4) is 11.5 Å². The molecule has 0 atom stereocenters. The van der Waals surface area contributed by atoms with E-state index in [2.05, 4.69) is 36.0 Å². The molecule has 2 aromatic rings. The van der Waals surface area contributed by atoms with Crippen LogP contribution in [0.3, 0.4) is 0 Å². The number of nitrogens with one attached hydrogen (secondary N) is 1. The molecule has 2 aliphatic carbocycles. The van der Waals surface area contributed by atoms with E-state index in [4.69, 9.17) is 14.6 Å². The van der Waals surface area contributed by atoms with Crippen molar-refractivity contribution in [1.82, 2.24) is 15.1 Å². The molecule has 3 aliphatic rings. The van der Waals surface area contributed by atoms with Gasteiger partial charge >= 0.3 is 0 Å². The standard InChI is InChI=1S/C23H29N3O3/c1-23(2)13-17-4-3-5-20(22(17)29-23)28-14-21(27)24-10-11-26-19(16-8-9-16)12-18(25-26)15-6-7-15/h3-5,12,15-16H,6-11,13-14H2,1-2H3,(H,24,27). The largest absolute Gasteiger partial charge is 0.483 e. The van der Waals surface area contributed by atoms with Gasteiger partial charge in [0.25, 0.3) is 5.91 Å². The SMILES string of the molecule is CC1(C)Cc2cccc(OCC(=O)NCCn3nc(C4CC4)cc3C3CC3)c2O1. The first kappa shape index (κ1) is 18.5. The Labute approximate surface area is 171 Å². The van der Waals surface area contributed by atoms with E-state index in [0.717, 1.165) is 17.7 Å². The third-order valence-corrected chi connectivity index (χ3v) is 5.88. The molecule has 1 aliphatic heterocycles. The first-order valence-electron chi connectivity index (χ1n) is 10.8. The smallest absolute Gasteiger partial charge is 0.258 e. The van der Waals surface area contributed by atoms with E-state index >= 15 is 0 Å². The van der Waals surface area contributed by atoms with E-state index in [-0.39, 0.29) is 18.1 Å². The van der Waals surface area contributed by atoms with Crippen LogP contribution < -0.4 is 14.8 Å². The van der Waals surface area contributed by atoms with E-state index in [1.807, 2.05) is 12.1 Å². The van der Waals surface area contributed by atoms with Crippen molar-refractivity contribution < 1.29 is 14.3 Å². The van der Waals surface area contributed by atoms with E-state index in [1.165, 1.54) is 37.1 Å². The zero-order valence-corrected chi connectivity index (χ0v) is 17.2. The van der Waals surface area contributed by atoms with Crippen LogP contribution in [-0.2, 0) is 17.8 Å². The molecule has 5 rings (SSSR count). The summed E-state index contributed by atoms with van der Waals surface area (Å²) in [6, 6.07) is 8.15. The van der Waals surface area contributed by atoms with E-state index < -0.39 is 0 Å². The lowest BCUT2D eigenvalue weighted by molar-refractivity contribution is -0.123. The zero-order chi connectivity index (χ0) is 20.0. The molecule has 1 amide bonds. The number of carbonyl (C=O) groups is 1. The maximum Gasteiger partial charge on any atom is 0.258 e. The van der Waals surface area contributed by atoms with Gasteiger partial charge in [-0.25, -0.2) is 0 Å². The molecule has 2 heterocycles. The fourth-order valence-corrected chi connectivity index (χ4v) is 4.11. The summed E-state index contributed by atoms with van der Waals surface area (Å²) in [5, 5.41) is 7.75. The third kappa shape index (κ3) is 4.11. The normalized spacial score (nSPS) is 19.5. The number of benzene rings is 1. The Morgan fingerprint density at radius 2 is 2.07 bits per heavy atom. The van der Waals surface area contributed by atoms with E-state index in [0.29, 0.717) is 30.7 Å². The second-order valence-electron chi connectivity index (χ2n) is 9.19. The quantitative estimate of drug-likeness (QED) is 0.742. The highest BCUT2D eigenvalue weighted by Crippen LogP contribution is 2.44. The Morgan fingerprint density at radius 3 is 2.83 bits per heavy atom. The number of nitrogens with zero attached hydrogens (tertiary/aromatic N) is 2. The molecule has 0 saturated heterocycles. The van der Waals surface area contributed by atoms with Crippen LogP contribution in [0.1, 0.15) is 68.3 Å². The summed E-state index contributed by atoms with van der Waals surface area (Å²) in [5.41, 5.74) is 3.48. The van der Waals surface area contributed by atoms with E-state index in [1.54, 1.807) is 0 Å². The van der Waals surface area contributed by atoms with Gasteiger partial charge in [0.1, 0.15) is 5.60 Å². The lowest BCUT2D eigenvalue weighted by Gasteiger charge is -2.18. The van der Waals surface area contributed by atoms with Gasteiger partial charge in [-0.15, -0.1) is 0 Å². The van der Waals surface area contributed by atoms with Crippen molar-refractivity contribution in [2.45, 2.75) is 69.9 Å². The summed E-state index contributed by atoms with van der Waals surface area (Å²) in [6.45, 7) is 5.38. The maximum atomic E-state index is 12.3. The molecule has 1 aromatic heterocycles. The highest BCUT2D eigenvalue weighted by atomic mass is 16.5. The number of ether oxygens (including phenoxy) is 2. The Kier molecular flexibility index (Phi) is 4.52. The van der Waals surface area contributed by atoms with Crippen LogP contribution in [0, 0.1) is 0 Å². The number of fused-ring (bicyclic) bond motifs is 1. The Bertz CT molecular complexity index is 925. The molecule has 1 aromatic carbocycles. The van der Waals surface area contributed by atoms with Gasteiger partial charge in [0.15, 0.2) is 18.1 Å². The minimum Gasteiger partial charge on any atom is -0.483 e. The number of aromatic nitrogens is 2. The zero-order valence-electron chi connectivity index (χ0n) is 17.2. The molecule has 6 nitrogen and oxygen atoms in total. The fraction of sp³-hybridized carbons (Fsp3) is 0.565. The number of rotatable bonds is 8. The van der Waals surface area contributed by atoms with Gasteiger partial charge in [0.2, 0.25) is 0 Å². The van der Waals surface area contributed by atoms with Crippen molar-refractivity contribution in [1.29, 1.82) is 0 Å². The highest BCUT2D eigenvalue weighted by molar-refractivity contribution is 5.77. The Hall–Kier alpha value is -2.50. The van der Waals surface area contributed by atoms with Crippen LogP contribution >= 0.6 is 0 Å². The number of amides is 1. The molecule has 0 radical (unpaired) electrons. The molecule has 6 heteroatoms.